The summed E-state index contributed by atoms with van der Waals surface area (Å²) in [6.45, 7) is 0.849. The second kappa shape index (κ2) is 6.92. The van der Waals surface area contributed by atoms with Crippen molar-refractivity contribution in [1.82, 2.24) is 19.6 Å². The maximum absolute atomic E-state index is 14.7. The SMILES string of the molecule is OCc1ncccc1-c1cc2c(n3cnnc13)NCc1c(F)ccc3c1[C@H](CO3)CO2. The molecule has 2 N–H and O–H groups in total. The Labute approximate surface area is 176 Å². The summed E-state index contributed by atoms with van der Waals surface area (Å²) in [6, 6.07) is 8.66. The van der Waals surface area contributed by atoms with E-state index in [2.05, 4.69) is 20.5 Å². The van der Waals surface area contributed by atoms with E-state index in [0.29, 0.717) is 47.4 Å². The Hall–Kier alpha value is -3.72. The number of hydrogen-bond donors (Lipinski definition) is 2. The van der Waals surface area contributed by atoms with Gasteiger partial charge < -0.3 is 19.9 Å². The molecule has 0 unspecified atom stereocenters. The Morgan fingerprint density at radius 3 is 2.90 bits per heavy atom. The monoisotopic (exact) mass is 419 g/mol. The number of hydrogen-bond acceptors (Lipinski definition) is 7. The number of fused-ring (bicyclic) bond motifs is 3. The predicted molar refractivity (Wildman–Crippen MR) is 110 cm³/mol. The first kappa shape index (κ1) is 18.1. The lowest BCUT2D eigenvalue weighted by Gasteiger charge is -2.17. The zero-order valence-electron chi connectivity index (χ0n) is 16.4. The number of nitrogens with one attached hydrogen (secondary N) is 1. The normalized spacial score (nSPS) is 16.9. The maximum Gasteiger partial charge on any atom is 0.170 e. The molecule has 0 bridgehead atoms. The van der Waals surface area contributed by atoms with Crippen LogP contribution in [-0.2, 0) is 13.2 Å². The number of aliphatic hydroxyl groups excluding tert-OH is 1. The van der Waals surface area contributed by atoms with Gasteiger partial charge in [-0.15, -0.1) is 10.2 Å². The highest BCUT2D eigenvalue weighted by atomic mass is 19.1. The van der Waals surface area contributed by atoms with Gasteiger partial charge in [-0.05, 0) is 24.3 Å². The van der Waals surface area contributed by atoms with E-state index in [4.69, 9.17) is 9.47 Å². The van der Waals surface area contributed by atoms with Gasteiger partial charge in [-0.25, -0.2) is 4.39 Å². The van der Waals surface area contributed by atoms with Crippen molar-refractivity contribution in [2.75, 3.05) is 18.5 Å². The molecule has 0 fully saturated rings. The molecule has 1 atom stereocenters. The summed E-state index contributed by atoms with van der Waals surface area (Å²) in [4.78, 5) is 4.27. The van der Waals surface area contributed by atoms with Crippen LogP contribution >= 0.6 is 0 Å². The van der Waals surface area contributed by atoms with Gasteiger partial charge in [0.25, 0.3) is 0 Å². The van der Waals surface area contributed by atoms with Crippen LogP contribution in [-0.4, -0.2) is 37.9 Å². The molecule has 0 aliphatic carbocycles. The number of pyridine rings is 2. The molecule has 9 heteroatoms. The summed E-state index contributed by atoms with van der Waals surface area (Å²) in [5.41, 5.74) is 4.04. The smallest absolute Gasteiger partial charge is 0.170 e. The Kier molecular flexibility index (Phi) is 4.03. The van der Waals surface area contributed by atoms with Crippen LogP contribution in [0.2, 0.25) is 0 Å². The van der Waals surface area contributed by atoms with Crippen molar-refractivity contribution in [3.05, 3.63) is 65.5 Å². The second-order valence-corrected chi connectivity index (χ2v) is 7.56. The van der Waals surface area contributed by atoms with E-state index in [1.807, 2.05) is 12.1 Å². The predicted octanol–water partition coefficient (Wildman–Crippen LogP) is 2.90. The standard InChI is InChI=1S/C22H18FN5O3/c23-16-3-4-18-20-12(9-30-18)10-31-19-6-14(13-2-1-5-24-17(13)8-29)21-27-26-11-28(21)22(19)25-7-15(16)20/h1-6,11-12,25,29H,7-10H2/t12-/m1/s1. The van der Waals surface area contributed by atoms with E-state index in [0.717, 1.165) is 16.7 Å². The number of anilines is 1. The van der Waals surface area contributed by atoms with Crippen LogP contribution in [0.15, 0.2) is 42.9 Å². The minimum absolute atomic E-state index is 0.0695. The Balaban J connectivity index is 1.53. The molecule has 5 heterocycles. The summed E-state index contributed by atoms with van der Waals surface area (Å²) >= 11 is 0. The van der Waals surface area contributed by atoms with Crippen molar-refractivity contribution >= 4 is 11.5 Å². The molecule has 156 valence electrons. The molecule has 4 aromatic rings. The summed E-state index contributed by atoms with van der Waals surface area (Å²) in [5, 5.41) is 21.4. The molecule has 0 radical (unpaired) electrons. The summed E-state index contributed by atoms with van der Waals surface area (Å²) in [7, 11) is 0. The number of halogens is 1. The number of aromatic nitrogens is 4. The van der Waals surface area contributed by atoms with Crippen LogP contribution in [0, 0.1) is 5.82 Å². The molecule has 0 saturated carbocycles. The van der Waals surface area contributed by atoms with Gasteiger partial charge in [-0.2, -0.15) is 0 Å². The number of benzene rings is 1. The molecule has 31 heavy (non-hydrogen) atoms. The van der Waals surface area contributed by atoms with Crippen molar-refractivity contribution in [3.63, 3.8) is 0 Å². The van der Waals surface area contributed by atoms with E-state index in [1.54, 1.807) is 29.1 Å². The van der Waals surface area contributed by atoms with Crippen LogP contribution in [0.4, 0.5) is 10.2 Å². The lowest BCUT2D eigenvalue weighted by Crippen LogP contribution is -2.13. The lowest BCUT2D eigenvalue weighted by atomic mass is 9.96. The fourth-order valence-electron chi connectivity index (χ4n) is 4.39. The second-order valence-electron chi connectivity index (χ2n) is 7.56. The van der Waals surface area contributed by atoms with Crippen LogP contribution < -0.4 is 14.8 Å². The van der Waals surface area contributed by atoms with Gasteiger partial charge in [-0.3, -0.25) is 9.38 Å². The van der Waals surface area contributed by atoms with Gasteiger partial charge >= 0.3 is 0 Å². The van der Waals surface area contributed by atoms with E-state index in [1.165, 1.54) is 6.07 Å². The summed E-state index contributed by atoms with van der Waals surface area (Å²) in [5.74, 6) is 1.58. The van der Waals surface area contributed by atoms with Gasteiger partial charge in [-0.1, -0.05) is 6.07 Å². The third-order valence-electron chi connectivity index (χ3n) is 5.85. The van der Waals surface area contributed by atoms with Gasteiger partial charge in [0, 0.05) is 35.0 Å². The highest BCUT2D eigenvalue weighted by Crippen LogP contribution is 2.42. The molecule has 6 rings (SSSR count). The Bertz CT molecular complexity index is 1320. The van der Waals surface area contributed by atoms with Crippen LogP contribution in [0.25, 0.3) is 16.8 Å². The zero-order valence-corrected chi connectivity index (χ0v) is 16.4. The van der Waals surface area contributed by atoms with Crippen LogP contribution in [0.3, 0.4) is 0 Å². The van der Waals surface area contributed by atoms with Crippen LogP contribution in [0.1, 0.15) is 22.7 Å². The zero-order chi connectivity index (χ0) is 20.9. The van der Waals surface area contributed by atoms with Crippen molar-refractivity contribution in [2.45, 2.75) is 19.1 Å². The lowest BCUT2D eigenvalue weighted by molar-refractivity contribution is 0.249. The molecular weight excluding hydrogens is 401 g/mol. The molecule has 8 nitrogen and oxygen atoms in total. The largest absolute Gasteiger partial charge is 0.493 e. The fraction of sp³-hybridized carbons (Fsp3) is 0.227. The molecule has 0 saturated heterocycles. The fourth-order valence-corrected chi connectivity index (χ4v) is 4.39. The van der Waals surface area contributed by atoms with Crippen molar-refractivity contribution in [3.8, 4) is 22.6 Å². The van der Waals surface area contributed by atoms with Gasteiger partial charge in [0.1, 0.15) is 17.9 Å². The highest BCUT2D eigenvalue weighted by Gasteiger charge is 2.31. The molecule has 2 aliphatic heterocycles. The van der Waals surface area contributed by atoms with Gasteiger partial charge in [0.15, 0.2) is 17.2 Å². The summed E-state index contributed by atoms with van der Waals surface area (Å²) in [6.07, 6.45) is 3.22. The quantitative estimate of drug-likeness (QED) is 0.516. The Morgan fingerprint density at radius 1 is 1.16 bits per heavy atom. The molecule has 0 spiro atoms. The molecule has 2 aliphatic rings. The van der Waals surface area contributed by atoms with E-state index in [9.17, 15) is 9.50 Å². The van der Waals surface area contributed by atoms with Gasteiger partial charge in [0.05, 0.1) is 31.4 Å². The third kappa shape index (κ3) is 2.73. The molecule has 0 amide bonds. The summed E-state index contributed by atoms with van der Waals surface area (Å²) < 4.78 is 28.5. The van der Waals surface area contributed by atoms with E-state index >= 15 is 0 Å². The number of aliphatic hydroxyl groups is 1. The maximum atomic E-state index is 14.7. The van der Waals surface area contributed by atoms with E-state index < -0.39 is 0 Å². The topological polar surface area (TPSA) is 93.8 Å². The first-order valence-electron chi connectivity index (χ1n) is 9.97. The first-order chi connectivity index (χ1) is 15.2. The first-order valence-corrected chi connectivity index (χ1v) is 9.97. The third-order valence-corrected chi connectivity index (χ3v) is 5.85. The van der Waals surface area contributed by atoms with Crippen LogP contribution in [0.5, 0.6) is 11.5 Å². The average molecular weight is 419 g/mol. The van der Waals surface area contributed by atoms with E-state index in [-0.39, 0.29) is 24.9 Å². The van der Waals surface area contributed by atoms with Crippen molar-refractivity contribution in [2.24, 2.45) is 0 Å². The van der Waals surface area contributed by atoms with Crippen molar-refractivity contribution in [1.29, 1.82) is 0 Å². The average Bonchev–Trinajstić information content (AvgIpc) is 3.45. The highest BCUT2D eigenvalue weighted by molar-refractivity contribution is 5.83. The molecular formula is C22H18FN5O3. The Morgan fingerprint density at radius 2 is 2.03 bits per heavy atom. The number of ether oxygens (including phenoxy) is 2. The molecule has 1 aromatic carbocycles. The minimum atomic E-state index is -0.273. The molecule has 3 aromatic heterocycles. The van der Waals surface area contributed by atoms with Crippen molar-refractivity contribution < 1.29 is 19.0 Å². The number of rotatable bonds is 2. The number of nitrogens with zero attached hydrogens (tertiary/aromatic N) is 4. The minimum Gasteiger partial charge on any atom is -0.493 e. The van der Waals surface area contributed by atoms with Gasteiger partial charge in [0.2, 0.25) is 0 Å².